The molecule has 88 valence electrons. The Bertz CT molecular complexity index is 355. The average molecular weight is 220 g/mol. The highest BCUT2D eigenvalue weighted by Crippen LogP contribution is 2.39. The second-order valence-electron chi connectivity index (χ2n) is 5.72. The third-order valence-electron chi connectivity index (χ3n) is 3.15. The summed E-state index contributed by atoms with van der Waals surface area (Å²) in [5.74, 6) is 0.861. The van der Waals surface area contributed by atoms with Crippen LogP contribution in [0.3, 0.4) is 0 Å². The van der Waals surface area contributed by atoms with E-state index in [2.05, 4.69) is 32.9 Å². The van der Waals surface area contributed by atoms with E-state index in [1.54, 1.807) is 0 Å². The van der Waals surface area contributed by atoms with E-state index in [1.165, 1.54) is 5.56 Å². The van der Waals surface area contributed by atoms with E-state index in [9.17, 15) is 5.11 Å². The molecule has 0 amide bonds. The molecule has 0 spiro atoms. The van der Waals surface area contributed by atoms with Gasteiger partial charge in [-0.1, -0.05) is 32.9 Å². The van der Waals surface area contributed by atoms with Gasteiger partial charge in [0.15, 0.2) is 0 Å². The maximum Gasteiger partial charge on any atom is 0.132 e. The van der Waals surface area contributed by atoms with E-state index in [1.807, 2.05) is 12.1 Å². The highest BCUT2D eigenvalue weighted by Gasteiger charge is 2.44. The summed E-state index contributed by atoms with van der Waals surface area (Å²) in [6, 6.07) is 8.19. The van der Waals surface area contributed by atoms with Crippen LogP contribution < -0.4 is 4.74 Å². The van der Waals surface area contributed by atoms with Crippen molar-refractivity contribution in [2.75, 3.05) is 6.61 Å². The first-order chi connectivity index (χ1) is 7.45. The van der Waals surface area contributed by atoms with Crippen LogP contribution in [0.1, 0.15) is 39.2 Å². The van der Waals surface area contributed by atoms with Crippen LogP contribution in [0.4, 0.5) is 0 Å². The molecule has 1 aliphatic carbocycles. The van der Waals surface area contributed by atoms with Crippen LogP contribution in [0, 0.1) is 0 Å². The maximum absolute atomic E-state index is 9.18. The van der Waals surface area contributed by atoms with Crippen molar-refractivity contribution in [2.24, 2.45) is 0 Å². The van der Waals surface area contributed by atoms with Gasteiger partial charge in [-0.25, -0.2) is 0 Å². The van der Waals surface area contributed by atoms with Crippen LogP contribution in [0.15, 0.2) is 24.3 Å². The Morgan fingerprint density at radius 3 is 2.12 bits per heavy atom. The van der Waals surface area contributed by atoms with Crippen molar-refractivity contribution < 1.29 is 9.84 Å². The molecule has 1 aliphatic rings. The molecule has 1 aromatic carbocycles. The van der Waals surface area contributed by atoms with Crippen molar-refractivity contribution in [3.8, 4) is 5.75 Å². The first-order valence-corrected chi connectivity index (χ1v) is 5.86. The van der Waals surface area contributed by atoms with Gasteiger partial charge in [0.25, 0.3) is 0 Å². The van der Waals surface area contributed by atoms with E-state index < -0.39 is 0 Å². The van der Waals surface area contributed by atoms with E-state index >= 15 is 0 Å². The number of rotatable bonds is 3. The molecule has 1 fully saturated rings. The van der Waals surface area contributed by atoms with E-state index in [0.717, 1.165) is 18.6 Å². The highest BCUT2D eigenvalue weighted by molar-refractivity contribution is 5.32. The number of hydrogen-bond donors (Lipinski definition) is 1. The standard InChI is InChI=1S/C14H20O2/c1-13(2,3)11-4-6-12(7-5-11)16-14(10-15)8-9-14/h4-7,15H,8-10H2,1-3H3. The molecule has 0 bridgehead atoms. The molecule has 1 saturated carbocycles. The second kappa shape index (κ2) is 3.77. The van der Waals surface area contributed by atoms with E-state index in [-0.39, 0.29) is 17.6 Å². The lowest BCUT2D eigenvalue weighted by Crippen LogP contribution is -2.22. The Hall–Kier alpha value is -1.02. The minimum Gasteiger partial charge on any atom is -0.485 e. The van der Waals surface area contributed by atoms with Gasteiger partial charge >= 0.3 is 0 Å². The average Bonchev–Trinajstić information content (AvgIpc) is 2.98. The zero-order valence-corrected chi connectivity index (χ0v) is 10.3. The number of hydrogen-bond acceptors (Lipinski definition) is 2. The Morgan fingerprint density at radius 1 is 1.19 bits per heavy atom. The Balaban J connectivity index is 2.08. The smallest absolute Gasteiger partial charge is 0.132 e. The van der Waals surface area contributed by atoms with Crippen LogP contribution in [0.2, 0.25) is 0 Å². The highest BCUT2D eigenvalue weighted by atomic mass is 16.5. The summed E-state index contributed by atoms with van der Waals surface area (Å²) in [6.07, 6.45) is 1.93. The van der Waals surface area contributed by atoms with Crippen molar-refractivity contribution in [3.63, 3.8) is 0 Å². The summed E-state index contributed by atoms with van der Waals surface area (Å²) in [5, 5.41) is 9.18. The first-order valence-electron chi connectivity index (χ1n) is 5.86. The minimum atomic E-state index is -0.275. The lowest BCUT2D eigenvalue weighted by molar-refractivity contribution is 0.0953. The molecule has 2 heteroatoms. The molecule has 0 heterocycles. The van der Waals surface area contributed by atoms with Crippen molar-refractivity contribution in [1.82, 2.24) is 0 Å². The molecule has 0 atom stereocenters. The first kappa shape index (κ1) is 11.5. The number of aliphatic hydroxyl groups is 1. The zero-order chi connectivity index (χ0) is 11.8. The van der Waals surface area contributed by atoms with Gasteiger partial charge in [-0.2, -0.15) is 0 Å². The quantitative estimate of drug-likeness (QED) is 0.848. The van der Waals surface area contributed by atoms with Crippen molar-refractivity contribution in [3.05, 3.63) is 29.8 Å². The second-order valence-corrected chi connectivity index (χ2v) is 5.72. The monoisotopic (exact) mass is 220 g/mol. The normalized spacial score (nSPS) is 18.2. The van der Waals surface area contributed by atoms with Gasteiger partial charge in [0.2, 0.25) is 0 Å². The fourth-order valence-corrected chi connectivity index (χ4v) is 1.70. The van der Waals surface area contributed by atoms with Crippen molar-refractivity contribution in [2.45, 2.75) is 44.6 Å². The van der Waals surface area contributed by atoms with Crippen molar-refractivity contribution in [1.29, 1.82) is 0 Å². The molecular formula is C14H20O2. The lowest BCUT2D eigenvalue weighted by atomic mass is 9.87. The third-order valence-corrected chi connectivity index (χ3v) is 3.15. The van der Waals surface area contributed by atoms with Gasteiger partial charge in [-0.15, -0.1) is 0 Å². The fraction of sp³-hybridized carbons (Fsp3) is 0.571. The molecule has 2 nitrogen and oxygen atoms in total. The van der Waals surface area contributed by atoms with E-state index in [4.69, 9.17) is 4.74 Å². The summed E-state index contributed by atoms with van der Waals surface area (Å²) in [6.45, 7) is 6.70. The molecule has 1 N–H and O–H groups in total. The van der Waals surface area contributed by atoms with Crippen LogP contribution >= 0.6 is 0 Å². The molecular weight excluding hydrogens is 200 g/mol. The largest absolute Gasteiger partial charge is 0.485 e. The molecule has 16 heavy (non-hydrogen) atoms. The Kier molecular flexibility index (Phi) is 2.70. The number of ether oxygens (including phenoxy) is 1. The number of aliphatic hydroxyl groups excluding tert-OH is 1. The third kappa shape index (κ3) is 2.38. The van der Waals surface area contributed by atoms with E-state index in [0.29, 0.717) is 0 Å². The summed E-state index contributed by atoms with van der Waals surface area (Å²) in [7, 11) is 0. The molecule has 0 unspecified atom stereocenters. The maximum atomic E-state index is 9.18. The molecule has 2 rings (SSSR count). The predicted molar refractivity (Wildman–Crippen MR) is 64.8 cm³/mol. The summed E-state index contributed by atoms with van der Waals surface area (Å²) in [5.41, 5.74) is 1.20. The molecule has 0 aliphatic heterocycles. The summed E-state index contributed by atoms with van der Waals surface area (Å²) >= 11 is 0. The lowest BCUT2D eigenvalue weighted by Gasteiger charge is -2.20. The molecule has 0 radical (unpaired) electrons. The van der Waals surface area contributed by atoms with Crippen LogP contribution in [-0.2, 0) is 5.41 Å². The van der Waals surface area contributed by atoms with Crippen LogP contribution in [0.5, 0.6) is 5.75 Å². The Morgan fingerprint density at radius 2 is 1.75 bits per heavy atom. The molecule has 0 saturated heterocycles. The Labute approximate surface area is 97.3 Å². The minimum absolute atomic E-state index is 0.119. The van der Waals surface area contributed by atoms with Crippen LogP contribution in [-0.4, -0.2) is 17.3 Å². The zero-order valence-electron chi connectivity index (χ0n) is 10.3. The van der Waals surface area contributed by atoms with Gasteiger partial charge in [-0.05, 0) is 36.0 Å². The molecule has 0 aromatic heterocycles. The van der Waals surface area contributed by atoms with Gasteiger partial charge in [-0.3, -0.25) is 0 Å². The summed E-state index contributed by atoms with van der Waals surface area (Å²) < 4.78 is 5.78. The number of benzene rings is 1. The summed E-state index contributed by atoms with van der Waals surface area (Å²) in [4.78, 5) is 0. The van der Waals surface area contributed by atoms with Gasteiger partial charge in [0.05, 0.1) is 6.61 Å². The SMILES string of the molecule is CC(C)(C)c1ccc(OC2(CO)CC2)cc1. The topological polar surface area (TPSA) is 29.5 Å². The van der Waals surface area contributed by atoms with Gasteiger partial charge in [0, 0.05) is 0 Å². The van der Waals surface area contributed by atoms with Crippen molar-refractivity contribution >= 4 is 0 Å². The van der Waals surface area contributed by atoms with Gasteiger partial charge in [0.1, 0.15) is 11.4 Å². The van der Waals surface area contributed by atoms with Gasteiger partial charge < -0.3 is 9.84 Å². The fourth-order valence-electron chi connectivity index (χ4n) is 1.70. The molecule has 1 aromatic rings. The predicted octanol–water partition coefficient (Wildman–Crippen LogP) is 2.89. The van der Waals surface area contributed by atoms with Crippen LogP contribution in [0.25, 0.3) is 0 Å².